The maximum atomic E-state index is 9.85. The fourth-order valence-corrected chi connectivity index (χ4v) is 2.74. The van der Waals surface area contributed by atoms with Gasteiger partial charge >= 0.3 is 0 Å². The Labute approximate surface area is 128 Å². The molecule has 20 heavy (non-hydrogen) atoms. The van der Waals surface area contributed by atoms with Crippen LogP contribution in [0.15, 0.2) is 28.7 Å². The predicted octanol–water partition coefficient (Wildman–Crippen LogP) is 1.94. The van der Waals surface area contributed by atoms with Gasteiger partial charge in [0.05, 0.1) is 6.10 Å². The van der Waals surface area contributed by atoms with Crippen LogP contribution in [0.4, 0.5) is 0 Å². The minimum Gasteiger partial charge on any atom is -0.491 e. The van der Waals surface area contributed by atoms with E-state index < -0.39 is 6.10 Å². The molecule has 1 aliphatic carbocycles. The molecule has 5 heteroatoms. The van der Waals surface area contributed by atoms with Gasteiger partial charge in [-0.3, -0.25) is 0 Å². The molecule has 0 spiro atoms. The van der Waals surface area contributed by atoms with E-state index in [9.17, 15) is 10.2 Å². The average molecular weight is 344 g/mol. The SMILES string of the molecule is OC(CNCC1CCCC1O)COc1ccc(Br)cc1. The van der Waals surface area contributed by atoms with Crippen LogP contribution in [0, 0.1) is 5.92 Å². The standard InChI is InChI=1S/C15H22BrNO3/c16-12-4-6-14(7-5-12)20-10-13(18)9-17-8-11-2-1-3-15(11)19/h4-7,11,13,15,17-19H,1-3,8-10H2. The van der Waals surface area contributed by atoms with Gasteiger partial charge < -0.3 is 20.3 Å². The van der Waals surface area contributed by atoms with Crippen molar-refractivity contribution in [2.75, 3.05) is 19.7 Å². The minimum atomic E-state index is -0.544. The Hall–Kier alpha value is -0.620. The summed E-state index contributed by atoms with van der Waals surface area (Å²) < 4.78 is 6.51. The van der Waals surface area contributed by atoms with Gasteiger partial charge in [0.15, 0.2) is 0 Å². The second-order valence-corrected chi connectivity index (χ2v) is 6.25. The van der Waals surface area contributed by atoms with E-state index in [4.69, 9.17) is 4.74 Å². The van der Waals surface area contributed by atoms with Gasteiger partial charge in [-0.15, -0.1) is 0 Å². The molecule has 0 bridgehead atoms. The Kier molecular flexibility index (Phi) is 6.29. The maximum absolute atomic E-state index is 9.85. The zero-order valence-electron chi connectivity index (χ0n) is 11.5. The number of aliphatic hydroxyl groups excluding tert-OH is 2. The van der Waals surface area contributed by atoms with E-state index >= 15 is 0 Å². The van der Waals surface area contributed by atoms with Crippen molar-refractivity contribution in [2.45, 2.75) is 31.5 Å². The highest BCUT2D eigenvalue weighted by Crippen LogP contribution is 2.24. The zero-order valence-corrected chi connectivity index (χ0v) is 13.1. The van der Waals surface area contributed by atoms with Crippen LogP contribution in [-0.4, -0.2) is 42.1 Å². The lowest BCUT2D eigenvalue weighted by Crippen LogP contribution is -2.35. The predicted molar refractivity (Wildman–Crippen MR) is 81.9 cm³/mol. The summed E-state index contributed by atoms with van der Waals surface area (Å²) >= 11 is 3.36. The van der Waals surface area contributed by atoms with Crippen molar-refractivity contribution in [2.24, 2.45) is 5.92 Å². The summed E-state index contributed by atoms with van der Waals surface area (Å²) in [4.78, 5) is 0. The lowest BCUT2D eigenvalue weighted by atomic mass is 10.1. The van der Waals surface area contributed by atoms with Gasteiger partial charge in [0, 0.05) is 17.6 Å². The van der Waals surface area contributed by atoms with Crippen LogP contribution in [0.1, 0.15) is 19.3 Å². The average Bonchev–Trinajstić information content (AvgIpc) is 2.84. The highest BCUT2D eigenvalue weighted by atomic mass is 79.9. The molecule has 3 atom stereocenters. The topological polar surface area (TPSA) is 61.7 Å². The van der Waals surface area contributed by atoms with Crippen LogP contribution in [-0.2, 0) is 0 Å². The molecule has 0 aromatic heterocycles. The molecule has 0 saturated heterocycles. The first-order chi connectivity index (χ1) is 9.65. The van der Waals surface area contributed by atoms with Crippen molar-refractivity contribution in [3.63, 3.8) is 0 Å². The number of ether oxygens (including phenoxy) is 1. The van der Waals surface area contributed by atoms with E-state index in [1.54, 1.807) is 0 Å². The number of nitrogens with one attached hydrogen (secondary N) is 1. The van der Waals surface area contributed by atoms with Crippen molar-refractivity contribution in [1.82, 2.24) is 5.32 Å². The molecule has 112 valence electrons. The number of aliphatic hydroxyl groups is 2. The lowest BCUT2D eigenvalue weighted by molar-refractivity contribution is 0.0981. The van der Waals surface area contributed by atoms with Crippen molar-refractivity contribution in [3.8, 4) is 5.75 Å². The van der Waals surface area contributed by atoms with Crippen LogP contribution < -0.4 is 10.1 Å². The number of hydrogen-bond donors (Lipinski definition) is 3. The Morgan fingerprint density at radius 1 is 1.30 bits per heavy atom. The van der Waals surface area contributed by atoms with Crippen LogP contribution in [0.5, 0.6) is 5.75 Å². The number of hydrogen-bond acceptors (Lipinski definition) is 4. The van der Waals surface area contributed by atoms with Gasteiger partial charge in [-0.2, -0.15) is 0 Å². The van der Waals surface area contributed by atoms with Crippen molar-refractivity contribution in [1.29, 1.82) is 0 Å². The maximum Gasteiger partial charge on any atom is 0.119 e. The molecule has 0 aliphatic heterocycles. The molecule has 1 aromatic rings. The van der Waals surface area contributed by atoms with Gasteiger partial charge in [-0.25, -0.2) is 0 Å². The van der Waals surface area contributed by atoms with Crippen molar-refractivity contribution >= 4 is 15.9 Å². The summed E-state index contributed by atoms with van der Waals surface area (Å²) in [6, 6.07) is 7.53. The summed E-state index contributed by atoms with van der Waals surface area (Å²) in [5, 5.41) is 22.7. The van der Waals surface area contributed by atoms with E-state index in [1.165, 1.54) is 0 Å². The van der Waals surface area contributed by atoms with E-state index in [0.717, 1.165) is 36.0 Å². The van der Waals surface area contributed by atoms with Gasteiger partial charge in [0.2, 0.25) is 0 Å². The number of halogens is 1. The molecule has 1 aliphatic rings. The van der Waals surface area contributed by atoms with E-state index in [0.29, 0.717) is 12.5 Å². The number of benzene rings is 1. The van der Waals surface area contributed by atoms with Crippen molar-refractivity contribution in [3.05, 3.63) is 28.7 Å². The zero-order chi connectivity index (χ0) is 14.4. The molecule has 1 saturated carbocycles. The fraction of sp³-hybridized carbons (Fsp3) is 0.600. The largest absolute Gasteiger partial charge is 0.491 e. The van der Waals surface area contributed by atoms with E-state index in [2.05, 4.69) is 21.2 Å². The van der Waals surface area contributed by atoms with Crippen LogP contribution in [0.3, 0.4) is 0 Å². The van der Waals surface area contributed by atoms with Crippen LogP contribution in [0.2, 0.25) is 0 Å². The molecular weight excluding hydrogens is 322 g/mol. The van der Waals surface area contributed by atoms with Gasteiger partial charge in [0.1, 0.15) is 18.5 Å². The molecular formula is C15H22BrNO3. The third kappa shape index (κ3) is 5.05. The normalized spacial score (nSPS) is 23.8. The van der Waals surface area contributed by atoms with Gasteiger partial charge in [-0.05, 0) is 43.0 Å². The molecule has 0 radical (unpaired) electrons. The first kappa shape index (κ1) is 15.8. The third-order valence-electron chi connectivity index (χ3n) is 3.66. The molecule has 1 fully saturated rings. The monoisotopic (exact) mass is 343 g/mol. The Morgan fingerprint density at radius 2 is 2.05 bits per heavy atom. The molecule has 3 unspecified atom stereocenters. The summed E-state index contributed by atoms with van der Waals surface area (Å²) in [5.41, 5.74) is 0. The molecule has 3 N–H and O–H groups in total. The summed E-state index contributed by atoms with van der Waals surface area (Å²) in [5.74, 6) is 1.08. The lowest BCUT2D eigenvalue weighted by Gasteiger charge is -2.17. The second kappa shape index (κ2) is 7.98. The Morgan fingerprint density at radius 3 is 2.70 bits per heavy atom. The first-order valence-electron chi connectivity index (χ1n) is 7.10. The number of rotatable bonds is 7. The third-order valence-corrected chi connectivity index (χ3v) is 4.19. The molecule has 2 rings (SSSR count). The quantitative estimate of drug-likeness (QED) is 0.708. The smallest absolute Gasteiger partial charge is 0.119 e. The highest BCUT2D eigenvalue weighted by molar-refractivity contribution is 9.10. The van der Waals surface area contributed by atoms with E-state index in [-0.39, 0.29) is 12.7 Å². The first-order valence-corrected chi connectivity index (χ1v) is 7.89. The molecule has 1 aromatic carbocycles. The van der Waals surface area contributed by atoms with Gasteiger partial charge in [-0.1, -0.05) is 22.4 Å². The van der Waals surface area contributed by atoms with E-state index in [1.807, 2.05) is 24.3 Å². The summed E-state index contributed by atoms with van der Waals surface area (Å²) in [6.07, 6.45) is 2.35. The second-order valence-electron chi connectivity index (χ2n) is 5.34. The summed E-state index contributed by atoms with van der Waals surface area (Å²) in [6.45, 7) is 1.51. The van der Waals surface area contributed by atoms with Crippen LogP contribution >= 0.6 is 15.9 Å². The highest BCUT2D eigenvalue weighted by Gasteiger charge is 2.24. The fourth-order valence-electron chi connectivity index (χ4n) is 2.47. The van der Waals surface area contributed by atoms with Crippen molar-refractivity contribution < 1.29 is 14.9 Å². The van der Waals surface area contributed by atoms with Crippen LogP contribution in [0.25, 0.3) is 0 Å². The Balaban J connectivity index is 1.60. The Bertz CT molecular complexity index is 399. The molecule has 0 heterocycles. The minimum absolute atomic E-state index is 0.182. The molecule has 4 nitrogen and oxygen atoms in total. The van der Waals surface area contributed by atoms with Gasteiger partial charge in [0.25, 0.3) is 0 Å². The molecule has 0 amide bonds. The summed E-state index contributed by atoms with van der Waals surface area (Å²) in [7, 11) is 0.